The van der Waals surface area contributed by atoms with Crippen LogP contribution in [0.1, 0.15) is 17.0 Å². The largest absolute Gasteiger partial charge is 0.440 e. The molecule has 0 aliphatic heterocycles. The fourth-order valence-corrected chi connectivity index (χ4v) is 1.97. The minimum Gasteiger partial charge on any atom is -0.440 e. The number of rotatable bonds is 3. The Labute approximate surface area is 109 Å². The molecule has 2 aromatic carbocycles. The van der Waals surface area contributed by atoms with Crippen molar-refractivity contribution < 1.29 is 13.9 Å². The Morgan fingerprint density at radius 1 is 1.05 bits per heavy atom. The molecular formula is C15H12FNO2. The van der Waals surface area contributed by atoms with Crippen LogP contribution in [0.5, 0.6) is 0 Å². The Hall–Kier alpha value is -2.20. The molecule has 4 heteroatoms. The predicted octanol–water partition coefficient (Wildman–Crippen LogP) is 3.05. The van der Waals surface area contributed by atoms with Crippen LogP contribution in [0.2, 0.25) is 0 Å². The minimum absolute atomic E-state index is 0.0178. The summed E-state index contributed by atoms with van der Waals surface area (Å²) in [5.41, 5.74) is 3.16. The summed E-state index contributed by atoms with van der Waals surface area (Å²) >= 11 is 0. The number of fused-ring (bicyclic) bond motifs is 1. The van der Waals surface area contributed by atoms with E-state index in [0.717, 1.165) is 16.6 Å². The summed E-state index contributed by atoms with van der Waals surface area (Å²) in [6, 6.07) is 11.7. The van der Waals surface area contributed by atoms with Gasteiger partial charge in [0.2, 0.25) is 0 Å². The summed E-state index contributed by atoms with van der Waals surface area (Å²) in [5.74, 6) is 0.325. The molecule has 0 aliphatic rings. The maximum Gasteiger partial charge on any atom is 0.199 e. The van der Waals surface area contributed by atoms with Crippen molar-refractivity contribution in [2.45, 2.75) is 13.0 Å². The summed E-state index contributed by atoms with van der Waals surface area (Å²) in [6.45, 7) is -0.0178. The van der Waals surface area contributed by atoms with Crippen molar-refractivity contribution in [2.75, 3.05) is 0 Å². The van der Waals surface area contributed by atoms with Crippen molar-refractivity contribution in [1.29, 1.82) is 0 Å². The van der Waals surface area contributed by atoms with Crippen LogP contribution in [0.3, 0.4) is 0 Å². The highest BCUT2D eigenvalue weighted by molar-refractivity contribution is 5.73. The number of hydrogen-bond donors (Lipinski definition) is 1. The molecule has 0 bridgehead atoms. The molecule has 19 heavy (non-hydrogen) atoms. The predicted molar refractivity (Wildman–Crippen MR) is 69.1 cm³/mol. The van der Waals surface area contributed by atoms with E-state index in [1.54, 1.807) is 30.3 Å². The highest BCUT2D eigenvalue weighted by atomic mass is 19.1. The fourth-order valence-electron chi connectivity index (χ4n) is 1.97. The van der Waals surface area contributed by atoms with Gasteiger partial charge in [0.15, 0.2) is 11.5 Å². The maximum atomic E-state index is 12.8. The lowest BCUT2D eigenvalue weighted by Gasteiger charge is -1.96. The molecule has 0 aliphatic carbocycles. The first-order valence-electron chi connectivity index (χ1n) is 5.98. The average molecular weight is 257 g/mol. The van der Waals surface area contributed by atoms with Crippen LogP contribution < -0.4 is 0 Å². The van der Waals surface area contributed by atoms with Gasteiger partial charge in [0.25, 0.3) is 0 Å². The first kappa shape index (κ1) is 11.9. The second-order valence-corrected chi connectivity index (χ2v) is 4.37. The number of benzene rings is 2. The first-order chi connectivity index (χ1) is 9.24. The lowest BCUT2D eigenvalue weighted by atomic mass is 10.1. The van der Waals surface area contributed by atoms with Gasteiger partial charge >= 0.3 is 0 Å². The highest BCUT2D eigenvalue weighted by Crippen LogP contribution is 2.19. The van der Waals surface area contributed by atoms with Crippen molar-refractivity contribution in [3.8, 4) is 0 Å². The summed E-state index contributed by atoms with van der Waals surface area (Å²) in [5, 5.41) is 9.07. The number of nitrogens with zero attached hydrogens (tertiary/aromatic N) is 1. The molecular weight excluding hydrogens is 245 g/mol. The molecule has 0 radical (unpaired) electrons. The maximum absolute atomic E-state index is 12.8. The van der Waals surface area contributed by atoms with Crippen molar-refractivity contribution in [2.24, 2.45) is 0 Å². The third kappa shape index (κ3) is 2.48. The number of hydrogen-bond acceptors (Lipinski definition) is 3. The molecule has 0 amide bonds. The van der Waals surface area contributed by atoms with Gasteiger partial charge in [0, 0.05) is 6.42 Å². The molecule has 0 unspecified atom stereocenters. The van der Waals surface area contributed by atoms with E-state index in [4.69, 9.17) is 9.52 Å². The molecule has 1 heterocycles. The molecule has 1 aromatic heterocycles. The quantitative estimate of drug-likeness (QED) is 0.784. The van der Waals surface area contributed by atoms with Crippen LogP contribution in [0, 0.1) is 5.82 Å². The van der Waals surface area contributed by atoms with Gasteiger partial charge < -0.3 is 9.52 Å². The number of aliphatic hydroxyl groups excluding tert-OH is 1. The Kier molecular flexibility index (Phi) is 3.01. The van der Waals surface area contributed by atoms with E-state index in [2.05, 4.69) is 4.98 Å². The van der Waals surface area contributed by atoms with Gasteiger partial charge in [0.1, 0.15) is 11.3 Å². The summed E-state index contributed by atoms with van der Waals surface area (Å²) < 4.78 is 18.4. The van der Waals surface area contributed by atoms with Gasteiger partial charge in [-0.25, -0.2) is 9.37 Å². The third-order valence-electron chi connectivity index (χ3n) is 2.95. The molecule has 3 nitrogen and oxygen atoms in total. The number of aromatic nitrogens is 1. The second kappa shape index (κ2) is 4.82. The zero-order valence-electron chi connectivity index (χ0n) is 10.1. The summed E-state index contributed by atoms with van der Waals surface area (Å²) in [6.07, 6.45) is 0.517. The van der Waals surface area contributed by atoms with E-state index in [1.807, 2.05) is 0 Å². The monoisotopic (exact) mass is 257 g/mol. The summed E-state index contributed by atoms with van der Waals surface area (Å²) in [7, 11) is 0. The number of halogens is 1. The van der Waals surface area contributed by atoms with E-state index in [9.17, 15) is 4.39 Å². The highest BCUT2D eigenvalue weighted by Gasteiger charge is 2.07. The first-order valence-corrected chi connectivity index (χ1v) is 5.98. The Morgan fingerprint density at radius 2 is 1.79 bits per heavy atom. The van der Waals surface area contributed by atoms with E-state index < -0.39 is 0 Å². The lowest BCUT2D eigenvalue weighted by Crippen LogP contribution is -1.88. The Bertz CT molecular complexity index is 704. The SMILES string of the molecule is OCc1ccc2oc(Cc3ccc(F)cc3)nc2c1. The fraction of sp³-hybridized carbons (Fsp3) is 0.133. The molecule has 0 saturated heterocycles. The van der Waals surface area contributed by atoms with E-state index in [1.165, 1.54) is 12.1 Å². The molecule has 0 spiro atoms. The Morgan fingerprint density at radius 3 is 2.53 bits per heavy atom. The van der Waals surface area contributed by atoms with E-state index in [-0.39, 0.29) is 12.4 Å². The third-order valence-corrected chi connectivity index (χ3v) is 2.95. The van der Waals surface area contributed by atoms with E-state index >= 15 is 0 Å². The lowest BCUT2D eigenvalue weighted by molar-refractivity contribution is 0.282. The minimum atomic E-state index is -0.256. The van der Waals surface area contributed by atoms with Gasteiger partial charge in [-0.3, -0.25) is 0 Å². The summed E-state index contributed by atoms with van der Waals surface area (Å²) in [4.78, 5) is 4.37. The molecule has 0 saturated carbocycles. The van der Waals surface area contributed by atoms with Crippen LogP contribution in [-0.4, -0.2) is 10.1 Å². The molecule has 0 atom stereocenters. The smallest absolute Gasteiger partial charge is 0.199 e. The number of aliphatic hydroxyl groups is 1. The van der Waals surface area contributed by atoms with Gasteiger partial charge in [0.05, 0.1) is 6.61 Å². The van der Waals surface area contributed by atoms with Gasteiger partial charge in [-0.05, 0) is 35.4 Å². The van der Waals surface area contributed by atoms with E-state index in [0.29, 0.717) is 17.9 Å². The van der Waals surface area contributed by atoms with Crippen molar-refractivity contribution in [1.82, 2.24) is 4.98 Å². The van der Waals surface area contributed by atoms with Crippen LogP contribution in [0.4, 0.5) is 4.39 Å². The Balaban J connectivity index is 1.90. The van der Waals surface area contributed by atoms with Crippen LogP contribution in [-0.2, 0) is 13.0 Å². The molecule has 3 rings (SSSR count). The van der Waals surface area contributed by atoms with Crippen molar-refractivity contribution in [3.05, 3.63) is 65.3 Å². The molecule has 0 fully saturated rings. The molecule has 1 N–H and O–H groups in total. The molecule has 3 aromatic rings. The van der Waals surface area contributed by atoms with Gasteiger partial charge in [-0.1, -0.05) is 18.2 Å². The average Bonchev–Trinajstić information content (AvgIpc) is 2.82. The zero-order chi connectivity index (χ0) is 13.2. The second-order valence-electron chi connectivity index (χ2n) is 4.37. The van der Waals surface area contributed by atoms with Crippen LogP contribution >= 0.6 is 0 Å². The van der Waals surface area contributed by atoms with Crippen molar-refractivity contribution >= 4 is 11.1 Å². The topological polar surface area (TPSA) is 46.3 Å². The molecule has 96 valence electrons. The van der Waals surface area contributed by atoms with Crippen molar-refractivity contribution in [3.63, 3.8) is 0 Å². The number of oxazole rings is 1. The zero-order valence-corrected chi connectivity index (χ0v) is 10.1. The normalized spacial score (nSPS) is 11.1. The van der Waals surface area contributed by atoms with Gasteiger partial charge in [-0.2, -0.15) is 0 Å². The van der Waals surface area contributed by atoms with Gasteiger partial charge in [-0.15, -0.1) is 0 Å². The van der Waals surface area contributed by atoms with Crippen LogP contribution in [0.15, 0.2) is 46.9 Å². The standard InChI is InChI=1S/C15H12FNO2/c16-12-4-1-10(2-5-12)8-15-17-13-7-11(9-18)3-6-14(13)19-15/h1-7,18H,8-9H2. The van der Waals surface area contributed by atoms with Crippen LogP contribution in [0.25, 0.3) is 11.1 Å².